The van der Waals surface area contributed by atoms with E-state index in [1.54, 1.807) is 0 Å². The van der Waals surface area contributed by atoms with Crippen molar-refractivity contribution in [3.8, 4) is 0 Å². The lowest BCUT2D eigenvalue weighted by atomic mass is 9.94. The summed E-state index contributed by atoms with van der Waals surface area (Å²) in [4.78, 5) is 0. The minimum atomic E-state index is 0.00812. The van der Waals surface area contributed by atoms with Crippen molar-refractivity contribution < 1.29 is 9.30 Å². The summed E-state index contributed by atoms with van der Waals surface area (Å²) in [5.74, 6) is 0.463. The highest BCUT2D eigenvalue weighted by Gasteiger charge is 2.21. The van der Waals surface area contributed by atoms with Crippen LogP contribution in [-0.4, -0.2) is 4.57 Å². The minimum Gasteiger partial charge on any atom is -0.365 e. The zero-order valence-electron chi connectivity index (χ0n) is 24.2. The molecule has 202 valence electrons. The third-order valence-corrected chi connectivity index (χ3v) is 7.63. The van der Waals surface area contributed by atoms with Gasteiger partial charge < -0.3 is 4.74 Å². The number of aromatic nitrogens is 2. The molecule has 0 aliphatic heterocycles. The van der Waals surface area contributed by atoms with E-state index in [0.717, 1.165) is 13.1 Å². The number of aryl methyl sites for hydroxylation is 3. The Kier molecular flexibility index (Phi) is 12.4. The Bertz CT molecular complexity index is 1050. The lowest BCUT2D eigenvalue weighted by Crippen LogP contribution is -2.36. The van der Waals surface area contributed by atoms with Crippen molar-refractivity contribution in [3.63, 3.8) is 0 Å². The van der Waals surface area contributed by atoms with Crippen molar-refractivity contribution in [3.05, 3.63) is 89.0 Å². The summed E-state index contributed by atoms with van der Waals surface area (Å²) in [7, 11) is 0. The van der Waals surface area contributed by atoms with Crippen LogP contribution < -0.4 is 4.57 Å². The van der Waals surface area contributed by atoms with Crippen molar-refractivity contribution in [2.75, 3.05) is 0 Å². The Morgan fingerprint density at radius 3 is 2.16 bits per heavy atom. The number of unbranched alkanes of at least 4 members (excludes halogenated alkanes) is 8. The molecule has 0 spiro atoms. The van der Waals surface area contributed by atoms with Gasteiger partial charge in [0.15, 0.2) is 0 Å². The second-order valence-corrected chi connectivity index (χ2v) is 11.2. The number of benzene rings is 2. The van der Waals surface area contributed by atoms with Gasteiger partial charge in [-0.2, -0.15) is 0 Å². The maximum Gasteiger partial charge on any atom is 0.243 e. The quantitative estimate of drug-likeness (QED) is 0.133. The van der Waals surface area contributed by atoms with Gasteiger partial charge in [-0.05, 0) is 60.4 Å². The van der Waals surface area contributed by atoms with E-state index in [0.29, 0.717) is 12.5 Å². The Hall–Kier alpha value is -2.39. The van der Waals surface area contributed by atoms with Crippen molar-refractivity contribution in [2.45, 2.75) is 124 Å². The van der Waals surface area contributed by atoms with Crippen molar-refractivity contribution in [1.29, 1.82) is 0 Å². The van der Waals surface area contributed by atoms with E-state index < -0.39 is 0 Å². The lowest BCUT2D eigenvalue weighted by Gasteiger charge is -2.22. The van der Waals surface area contributed by atoms with Gasteiger partial charge in [0.05, 0.1) is 13.2 Å². The lowest BCUT2D eigenvalue weighted by molar-refractivity contribution is -0.705. The van der Waals surface area contributed by atoms with E-state index >= 15 is 0 Å². The summed E-state index contributed by atoms with van der Waals surface area (Å²) < 4.78 is 11.3. The van der Waals surface area contributed by atoms with Crippen LogP contribution in [0.3, 0.4) is 0 Å². The van der Waals surface area contributed by atoms with Crippen LogP contribution in [0.2, 0.25) is 0 Å². The molecule has 37 heavy (non-hydrogen) atoms. The molecule has 0 bridgehead atoms. The molecule has 3 aromatic rings. The van der Waals surface area contributed by atoms with Crippen LogP contribution >= 0.6 is 0 Å². The summed E-state index contributed by atoms with van der Waals surface area (Å²) in [5, 5.41) is 0. The molecule has 0 saturated heterocycles. The standard InChI is InChI=1S/C34H51N2O/c1-6-7-8-9-10-11-12-13-16-21-35-22-23-36(27-35)25-34(33-18-15-14-17-32(33)28(2)3)37-26-31-20-19-29(4)30(5)24-31/h14-15,17-20,22-24,27-28,34H,6-13,16,21,25-26H2,1-5H3/q+1. The molecule has 3 rings (SSSR count). The van der Waals surface area contributed by atoms with E-state index in [4.69, 9.17) is 4.74 Å². The third kappa shape index (κ3) is 9.78. The van der Waals surface area contributed by atoms with Crippen LogP contribution in [0, 0.1) is 13.8 Å². The van der Waals surface area contributed by atoms with Gasteiger partial charge >= 0.3 is 0 Å². The summed E-state index contributed by atoms with van der Waals surface area (Å²) >= 11 is 0. The van der Waals surface area contributed by atoms with E-state index in [-0.39, 0.29) is 6.10 Å². The topological polar surface area (TPSA) is 18.0 Å². The smallest absolute Gasteiger partial charge is 0.243 e. The maximum atomic E-state index is 6.64. The van der Waals surface area contributed by atoms with Gasteiger partial charge in [0.25, 0.3) is 0 Å². The highest BCUT2D eigenvalue weighted by atomic mass is 16.5. The molecule has 3 heteroatoms. The minimum absolute atomic E-state index is 0.00812. The molecule has 0 amide bonds. The van der Waals surface area contributed by atoms with Crippen molar-refractivity contribution in [2.24, 2.45) is 0 Å². The molecule has 0 radical (unpaired) electrons. The van der Waals surface area contributed by atoms with Crippen LogP contribution in [0.4, 0.5) is 0 Å². The van der Waals surface area contributed by atoms with Crippen LogP contribution in [0.5, 0.6) is 0 Å². The molecule has 0 aliphatic carbocycles. The average molecular weight is 504 g/mol. The van der Waals surface area contributed by atoms with E-state index in [1.165, 1.54) is 85.6 Å². The molecule has 1 heterocycles. The first-order valence-corrected chi connectivity index (χ1v) is 14.8. The highest BCUT2D eigenvalue weighted by Crippen LogP contribution is 2.28. The molecule has 2 aromatic carbocycles. The second-order valence-electron chi connectivity index (χ2n) is 11.2. The summed E-state index contributed by atoms with van der Waals surface area (Å²) in [5.41, 5.74) is 6.57. The van der Waals surface area contributed by atoms with Gasteiger partial charge in [0.2, 0.25) is 6.33 Å². The van der Waals surface area contributed by atoms with Gasteiger partial charge in [-0.3, -0.25) is 0 Å². The monoisotopic (exact) mass is 503 g/mol. The summed E-state index contributed by atoms with van der Waals surface area (Å²) in [6, 6.07) is 15.5. The molecule has 0 saturated carbocycles. The highest BCUT2D eigenvalue weighted by molar-refractivity contribution is 5.32. The summed E-state index contributed by atoms with van der Waals surface area (Å²) in [6.07, 6.45) is 19.0. The molecular weight excluding hydrogens is 452 g/mol. The number of nitrogens with zero attached hydrogens (tertiary/aromatic N) is 2. The number of rotatable bonds is 17. The number of hydrogen-bond donors (Lipinski definition) is 0. The summed E-state index contributed by atoms with van der Waals surface area (Å²) in [6.45, 7) is 13.7. The molecule has 0 aliphatic rings. The van der Waals surface area contributed by atoms with Crippen LogP contribution in [0.1, 0.15) is 118 Å². The van der Waals surface area contributed by atoms with Crippen LogP contribution in [-0.2, 0) is 24.4 Å². The third-order valence-electron chi connectivity index (χ3n) is 7.63. The van der Waals surface area contributed by atoms with Crippen LogP contribution in [0.15, 0.2) is 61.2 Å². The molecule has 0 N–H and O–H groups in total. The molecule has 0 fully saturated rings. The van der Waals surface area contributed by atoms with Gasteiger partial charge in [-0.15, -0.1) is 0 Å². The first kappa shape index (κ1) is 29.2. The number of ether oxygens (including phenoxy) is 1. The molecule has 3 nitrogen and oxygen atoms in total. The van der Waals surface area contributed by atoms with Gasteiger partial charge in [0.1, 0.15) is 25.0 Å². The molecule has 1 unspecified atom stereocenters. The first-order chi connectivity index (χ1) is 18.0. The van der Waals surface area contributed by atoms with Crippen molar-refractivity contribution >= 4 is 0 Å². The predicted octanol–water partition coefficient (Wildman–Crippen LogP) is 9.00. The largest absolute Gasteiger partial charge is 0.365 e. The Balaban J connectivity index is 1.58. The van der Waals surface area contributed by atoms with Crippen molar-refractivity contribution in [1.82, 2.24) is 4.57 Å². The van der Waals surface area contributed by atoms with Crippen LogP contribution in [0.25, 0.3) is 0 Å². The fraction of sp³-hybridized carbons (Fsp3) is 0.559. The second kappa shape index (κ2) is 15.8. The van der Waals surface area contributed by atoms with E-state index in [9.17, 15) is 0 Å². The Morgan fingerprint density at radius 1 is 0.811 bits per heavy atom. The molecular formula is C34H51N2O+. The van der Waals surface area contributed by atoms with E-state index in [1.807, 2.05) is 0 Å². The normalized spacial score (nSPS) is 12.4. The fourth-order valence-electron chi connectivity index (χ4n) is 5.14. The fourth-order valence-corrected chi connectivity index (χ4v) is 5.14. The van der Waals surface area contributed by atoms with E-state index in [2.05, 4.69) is 105 Å². The Morgan fingerprint density at radius 2 is 1.49 bits per heavy atom. The zero-order valence-corrected chi connectivity index (χ0v) is 24.2. The SMILES string of the molecule is CCCCCCCCCCCn1cc[n+](CC(OCc2ccc(C)c(C)c2)c2ccccc2C(C)C)c1. The average Bonchev–Trinajstić information content (AvgIpc) is 3.34. The zero-order chi connectivity index (χ0) is 26.5. The Labute approximate surface area is 226 Å². The maximum absolute atomic E-state index is 6.64. The first-order valence-electron chi connectivity index (χ1n) is 14.8. The van der Waals surface area contributed by atoms with Gasteiger partial charge in [0, 0.05) is 0 Å². The molecule has 1 aromatic heterocycles. The number of imidazole rings is 1. The molecule has 1 atom stereocenters. The number of hydrogen-bond acceptors (Lipinski definition) is 1. The predicted molar refractivity (Wildman–Crippen MR) is 156 cm³/mol. The van der Waals surface area contributed by atoms with Gasteiger partial charge in [-0.1, -0.05) is 108 Å². The van der Waals surface area contributed by atoms with Gasteiger partial charge in [-0.25, -0.2) is 9.13 Å².